The van der Waals surface area contributed by atoms with Crippen LogP contribution in [0, 0.1) is 5.82 Å². The second-order valence-corrected chi connectivity index (χ2v) is 4.66. The highest BCUT2D eigenvalue weighted by Gasteiger charge is 2.18. The molecule has 1 aromatic heterocycles. The van der Waals surface area contributed by atoms with Crippen LogP contribution in [0.25, 0.3) is 0 Å². The molecule has 4 nitrogen and oxygen atoms in total. The fraction of sp³-hybridized carbons (Fsp3) is 0.538. The Labute approximate surface area is 105 Å². The zero-order chi connectivity index (χ0) is 13.0. The number of anilines is 1. The molecule has 1 fully saturated rings. The number of carboxylic acid groups (broad SMARTS) is 1. The van der Waals surface area contributed by atoms with Crippen LogP contribution in [0.3, 0.4) is 0 Å². The van der Waals surface area contributed by atoms with Gasteiger partial charge in [-0.05, 0) is 18.9 Å². The average molecular weight is 252 g/mol. The van der Waals surface area contributed by atoms with Gasteiger partial charge in [0, 0.05) is 12.2 Å². The lowest BCUT2D eigenvalue weighted by Crippen LogP contribution is -2.20. The van der Waals surface area contributed by atoms with Crippen molar-refractivity contribution in [2.75, 3.05) is 5.32 Å². The summed E-state index contributed by atoms with van der Waals surface area (Å²) in [5.74, 6) is -1.98. The zero-order valence-corrected chi connectivity index (χ0v) is 10.2. The van der Waals surface area contributed by atoms with Crippen LogP contribution in [0.2, 0.25) is 0 Å². The highest BCUT2D eigenvalue weighted by atomic mass is 19.1. The van der Waals surface area contributed by atoms with Gasteiger partial charge in [-0.1, -0.05) is 25.7 Å². The molecular weight excluding hydrogens is 235 g/mol. The Kier molecular flexibility index (Phi) is 4.12. The minimum atomic E-state index is -1.26. The van der Waals surface area contributed by atoms with E-state index in [1.54, 1.807) is 0 Å². The summed E-state index contributed by atoms with van der Waals surface area (Å²) >= 11 is 0. The van der Waals surface area contributed by atoms with E-state index >= 15 is 0 Å². The van der Waals surface area contributed by atoms with Crippen LogP contribution in [0.5, 0.6) is 0 Å². The third kappa shape index (κ3) is 2.97. The van der Waals surface area contributed by atoms with Crippen molar-refractivity contribution in [3.63, 3.8) is 0 Å². The summed E-state index contributed by atoms with van der Waals surface area (Å²) in [6.07, 6.45) is 7.96. The molecule has 1 heterocycles. The molecule has 18 heavy (non-hydrogen) atoms. The van der Waals surface area contributed by atoms with E-state index in [9.17, 15) is 9.18 Å². The molecule has 0 radical (unpaired) electrons. The van der Waals surface area contributed by atoms with E-state index < -0.39 is 11.8 Å². The number of aromatic carboxylic acids is 1. The van der Waals surface area contributed by atoms with Crippen molar-refractivity contribution in [2.24, 2.45) is 0 Å². The van der Waals surface area contributed by atoms with Gasteiger partial charge in [-0.15, -0.1) is 0 Å². The molecule has 1 saturated carbocycles. The number of pyridine rings is 1. The number of aromatic nitrogens is 1. The Hall–Kier alpha value is -1.65. The molecule has 0 spiro atoms. The average Bonchev–Trinajstić information content (AvgIpc) is 2.60. The van der Waals surface area contributed by atoms with Gasteiger partial charge < -0.3 is 10.4 Å². The topological polar surface area (TPSA) is 62.2 Å². The van der Waals surface area contributed by atoms with Crippen molar-refractivity contribution in [1.29, 1.82) is 0 Å². The third-order valence-electron chi connectivity index (χ3n) is 3.32. The fourth-order valence-electron chi connectivity index (χ4n) is 2.33. The van der Waals surface area contributed by atoms with Crippen molar-refractivity contribution in [3.05, 3.63) is 23.6 Å². The Balaban J connectivity index is 2.13. The number of nitrogens with zero attached hydrogens (tertiary/aromatic N) is 1. The number of carboxylic acids is 1. The van der Waals surface area contributed by atoms with Crippen LogP contribution in [0.1, 0.15) is 48.9 Å². The zero-order valence-electron chi connectivity index (χ0n) is 10.2. The van der Waals surface area contributed by atoms with Gasteiger partial charge in [-0.3, -0.25) is 0 Å². The van der Waals surface area contributed by atoms with E-state index in [4.69, 9.17) is 5.11 Å². The summed E-state index contributed by atoms with van der Waals surface area (Å²) in [4.78, 5) is 14.7. The molecule has 0 aromatic carbocycles. The highest BCUT2D eigenvalue weighted by Crippen LogP contribution is 2.22. The Morgan fingerprint density at radius 2 is 2.00 bits per heavy atom. The summed E-state index contributed by atoms with van der Waals surface area (Å²) in [7, 11) is 0. The smallest absolute Gasteiger partial charge is 0.338 e. The SMILES string of the molecule is O=C(O)c1ccnc(NC2CCCCCC2)c1F. The maximum Gasteiger partial charge on any atom is 0.338 e. The van der Waals surface area contributed by atoms with Gasteiger partial charge in [0.25, 0.3) is 0 Å². The molecule has 0 aliphatic heterocycles. The van der Waals surface area contributed by atoms with E-state index in [0.29, 0.717) is 0 Å². The first-order valence-electron chi connectivity index (χ1n) is 6.33. The summed E-state index contributed by atoms with van der Waals surface area (Å²) < 4.78 is 13.9. The molecule has 0 saturated heterocycles. The first kappa shape index (κ1) is 12.8. The lowest BCUT2D eigenvalue weighted by atomic mass is 10.1. The highest BCUT2D eigenvalue weighted by molar-refractivity contribution is 5.88. The predicted molar refractivity (Wildman–Crippen MR) is 66.3 cm³/mol. The van der Waals surface area contributed by atoms with Crippen LogP contribution < -0.4 is 5.32 Å². The second-order valence-electron chi connectivity index (χ2n) is 4.66. The monoisotopic (exact) mass is 252 g/mol. The molecule has 0 bridgehead atoms. The number of halogens is 1. The van der Waals surface area contributed by atoms with Crippen LogP contribution in [0.4, 0.5) is 10.2 Å². The quantitative estimate of drug-likeness (QED) is 0.811. The number of carbonyl (C=O) groups is 1. The van der Waals surface area contributed by atoms with Gasteiger partial charge >= 0.3 is 5.97 Å². The molecule has 2 rings (SSSR count). The normalized spacial score (nSPS) is 17.2. The lowest BCUT2D eigenvalue weighted by Gasteiger charge is -2.17. The third-order valence-corrected chi connectivity index (χ3v) is 3.32. The van der Waals surface area contributed by atoms with Crippen molar-refractivity contribution in [3.8, 4) is 0 Å². The molecule has 0 unspecified atom stereocenters. The lowest BCUT2D eigenvalue weighted by molar-refractivity contribution is 0.0692. The number of hydrogen-bond acceptors (Lipinski definition) is 3. The van der Waals surface area contributed by atoms with Gasteiger partial charge in [0.1, 0.15) is 5.56 Å². The first-order chi connectivity index (χ1) is 8.68. The number of rotatable bonds is 3. The summed E-state index contributed by atoms with van der Waals surface area (Å²) in [5, 5.41) is 11.9. The van der Waals surface area contributed by atoms with Gasteiger partial charge in [0.2, 0.25) is 0 Å². The maximum absolute atomic E-state index is 13.9. The second kappa shape index (κ2) is 5.80. The molecule has 1 aliphatic carbocycles. The number of hydrogen-bond donors (Lipinski definition) is 2. The van der Waals surface area contributed by atoms with Crippen LogP contribution >= 0.6 is 0 Å². The van der Waals surface area contributed by atoms with E-state index in [0.717, 1.165) is 25.7 Å². The predicted octanol–water partition coefficient (Wildman–Crippen LogP) is 3.05. The summed E-state index contributed by atoms with van der Waals surface area (Å²) in [6, 6.07) is 1.37. The van der Waals surface area contributed by atoms with Crippen molar-refractivity contribution in [1.82, 2.24) is 4.98 Å². The molecule has 0 atom stereocenters. The molecular formula is C13H17FN2O2. The van der Waals surface area contributed by atoms with Crippen molar-refractivity contribution in [2.45, 2.75) is 44.6 Å². The van der Waals surface area contributed by atoms with E-state index in [-0.39, 0.29) is 17.4 Å². The molecule has 98 valence electrons. The summed E-state index contributed by atoms with van der Waals surface area (Å²) in [6.45, 7) is 0. The van der Waals surface area contributed by atoms with Gasteiger partial charge in [0.05, 0.1) is 0 Å². The van der Waals surface area contributed by atoms with Gasteiger partial charge in [-0.25, -0.2) is 14.2 Å². The van der Waals surface area contributed by atoms with Crippen LogP contribution in [-0.2, 0) is 0 Å². The minimum absolute atomic E-state index is 0.0572. The number of nitrogens with one attached hydrogen (secondary N) is 1. The molecule has 1 aliphatic rings. The van der Waals surface area contributed by atoms with Crippen LogP contribution in [0.15, 0.2) is 12.3 Å². The fourth-order valence-corrected chi connectivity index (χ4v) is 2.33. The van der Waals surface area contributed by atoms with Gasteiger partial charge in [0.15, 0.2) is 11.6 Å². The van der Waals surface area contributed by atoms with E-state index in [1.807, 2.05) is 0 Å². The molecule has 1 aromatic rings. The molecule has 2 N–H and O–H groups in total. The van der Waals surface area contributed by atoms with E-state index in [2.05, 4.69) is 10.3 Å². The van der Waals surface area contributed by atoms with E-state index in [1.165, 1.54) is 25.1 Å². The minimum Gasteiger partial charge on any atom is -0.478 e. The van der Waals surface area contributed by atoms with Crippen molar-refractivity contribution < 1.29 is 14.3 Å². The summed E-state index contributed by atoms with van der Waals surface area (Å²) in [5.41, 5.74) is -0.332. The maximum atomic E-state index is 13.9. The Bertz CT molecular complexity index is 429. The van der Waals surface area contributed by atoms with Gasteiger partial charge in [-0.2, -0.15) is 0 Å². The molecule has 5 heteroatoms. The Morgan fingerprint density at radius 1 is 1.33 bits per heavy atom. The Morgan fingerprint density at radius 3 is 2.61 bits per heavy atom. The first-order valence-corrected chi connectivity index (χ1v) is 6.33. The largest absolute Gasteiger partial charge is 0.478 e. The van der Waals surface area contributed by atoms with Crippen molar-refractivity contribution >= 4 is 11.8 Å². The molecule has 0 amide bonds. The van der Waals surface area contributed by atoms with Crippen LogP contribution in [-0.4, -0.2) is 22.1 Å². The standard InChI is InChI=1S/C13H17FN2O2/c14-11-10(13(17)18)7-8-15-12(11)16-9-5-3-1-2-4-6-9/h7-9H,1-6H2,(H,15,16)(H,17,18).